The average molecular weight is 400 g/mol. The lowest BCUT2D eigenvalue weighted by Gasteiger charge is -2.09. The molecule has 0 bridgehead atoms. The van der Waals surface area contributed by atoms with E-state index in [1.54, 1.807) is 24.3 Å². The van der Waals surface area contributed by atoms with Gasteiger partial charge in [0, 0.05) is 11.7 Å². The van der Waals surface area contributed by atoms with Crippen LogP contribution in [-0.2, 0) is 14.4 Å². The zero-order chi connectivity index (χ0) is 21.2. The molecule has 2 aromatic rings. The number of nitrogens with one attached hydrogen (secondary N) is 3. The van der Waals surface area contributed by atoms with Gasteiger partial charge in [-0.25, -0.2) is 9.82 Å². The molecule has 152 valence electrons. The van der Waals surface area contributed by atoms with Gasteiger partial charge in [0.2, 0.25) is 0 Å². The van der Waals surface area contributed by atoms with Crippen LogP contribution in [0.4, 0.5) is 10.1 Å². The molecule has 9 heteroatoms. The van der Waals surface area contributed by atoms with Gasteiger partial charge < -0.3 is 15.4 Å². The van der Waals surface area contributed by atoms with Gasteiger partial charge in [-0.05, 0) is 67.9 Å². The molecule has 2 rings (SSSR count). The molecular weight excluding hydrogens is 379 g/mol. The molecule has 0 saturated heterocycles. The molecule has 3 N–H and O–H groups in total. The number of anilines is 1. The highest BCUT2D eigenvalue weighted by molar-refractivity contribution is 6.39. The quantitative estimate of drug-likeness (QED) is 0.374. The number of benzene rings is 2. The first-order chi connectivity index (χ1) is 13.8. The van der Waals surface area contributed by atoms with Gasteiger partial charge in [-0.3, -0.25) is 14.4 Å². The van der Waals surface area contributed by atoms with Gasteiger partial charge in [-0.1, -0.05) is 0 Å². The van der Waals surface area contributed by atoms with Crippen molar-refractivity contribution in [1.82, 2.24) is 10.7 Å². The number of amides is 3. The highest BCUT2D eigenvalue weighted by Crippen LogP contribution is 2.11. The number of rotatable bonds is 7. The number of carbonyl (C=O) groups is 3. The Morgan fingerprint density at radius 2 is 1.69 bits per heavy atom. The van der Waals surface area contributed by atoms with Crippen molar-refractivity contribution in [2.75, 3.05) is 11.9 Å². The zero-order valence-electron chi connectivity index (χ0n) is 15.9. The molecule has 0 heterocycles. The summed E-state index contributed by atoms with van der Waals surface area (Å²) in [7, 11) is 0. The molecule has 2 aromatic carbocycles. The van der Waals surface area contributed by atoms with Crippen LogP contribution in [0.25, 0.3) is 0 Å². The molecule has 0 aromatic heterocycles. The van der Waals surface area contributed by atoms with E-state index in [2.05, 4.69) is 21.2 Å². The summed E-state index contributed by atoms with van der Waals surface area (Å²) in [6.07, 6.45) is 1.35. The van der Waals surface area contributed by atoms with Crippen LogP contribution in [0.5, 0.6) is 5.75 Å². The topological polar surface area (TPSA) is 109 Å². The fraction of sp³-hybridized carbons (Fsp3) is 0.200. The van der Waals surface area contributed by atoms with E-state index in [1.807, 2.05) is 13.8 Å². The Morgan fingerprint density at radius 3 is 2.31 bits per heavy atom. The van der Waals surface area contributed by atoms with Gasteiger partial charge in [-0.15, -0.1) is 0 Å². The summed E-state index contributed by atoms with van der Waals surface area (Å²) in [5.41, 5.74) is 3.02. The fourth-order valence-electron chi connectivity index (χ4n) is 2.10. The standard InChI is InChI=1S/C20H21FN4O4/c1-13(2)23-18(26)12-29-17-9-3-14(4-10-17)11-22-25-20(28)19(27)24-16-7-5-15(21)6-8-16/h3-11,13H,12H2,1-2H3,(H,23,26)(H,24,27)(H,25,28)/b22-11-. The largest absolute Gasteiger partial charge is 0.484 e. The molecule has 0 fully saturated rings. The number of hydrazone groups is 1. The van der Waals surface area contributed by atoms with Crippen LogP contribution in [0.15, 0.2) is 53.6 Å². The van der Waals surface area contributed by atoms with Gasteiger partial charge in [-0.2, -0.15) is 5.10 Å². The Kier molecular flexibility index (Phi) is 7.84. The second-order valence-electron chi connectivity index (χ2n) is 6.24. The predicted molar refractivity (Wildman–Crippen MR) is 106 cm³/mol. The van der Waals surface area contributed by atoms with E-state index in [-0.39, 0.29) is 24.2 Å². The third kappa shape index (κ3) is 7.79. The van der Waals surface area contributed by atoms with E-state index in [4.69, 9.17) is 4.74 Å². The van der Waals surface area contributed by atoms with E-state index in [1.165, 1.54) is 18.3 Å². The summed E-state index contributed by atoms with van der Waals surface area (Å²) in [4.78, 5) is 35.0. The molecule has 0 atom stereocenters. The molecule has 0 aliphatic carbocycles. The molecule has 0 aliphatic heterocycles. The second kappa shape index (κ2) is 10.5. The Morgan fingerprint density at radius 1 is 1.03 bits per heavy atom. The van der Waals surface area contributed by atoms with Gasteiger partial charge in [0.1, 0.15) is 11.6 Å². The van der Waals surface area contributed by atoms with Crippen molar-refractivity contribution in [2.24, 2.45) is 5.10 Å². The second-order valence-corrected chi connectivity index (χ2v) is 6.24. The third-order valence-corrected chi connectivity index (χ3v) is 3.39. The van der Waals surface area contributed by atoms with Crippen molar-refractivity contribution in [1.29, 1.82) is 0 Å². The van der Waals surface area contributed by atoms with Crippen LogP contribution in [-0.4, -0.2) is 36.6 Å². The summed E-state index contributed by atoms with van der Waals surface area (Å²) in [6.45, 7) is 3.62. The lowest BCUT2D eigenvalue weighted by Crippen LogP contribution is -2.34. The minimum Gasteiger partial charge on any atom is -0.484 e. The van der Waals surface area contributed by atoms with Crippen LogP contribution < -0.4 is 20.8 Å². The lowest BCUT2D eigenvalue weighted by atomic mass is 10.2. The Labute approximate surface area is 167 Å². The van der Waals surface area contributed by atoms with E-state index < -0.39 is 17.6 Å². The van der Waals surface area contributed by atoms with Gasteiger partial charge in [0.15, 0.2) is 6.61 Å². The molecule has 8 nitrogen and oxygen atoms in total. The lowest BCUT2D eigenvalue weighted by molar-refractivity contribution is -0.136. The smallest absolute Gasteiger partial charge is 0.329 e. The molecule has 29 heavy (non-hydrogen) atoms. The summed E-state index contributed by atoms with van der Waals surface area (Å²) in [5, 5.41) is 8.74. The fourth-order valence-corrected chi connectivity index (χ4v) is 2.10. The molecule has 0 saturated carbocycles. The maximum absolute atomic E-state index is 12.8. The predicted octanol–water partition coefficient (Wildman–Crippen LogP) is 1.82. The van der Waals surface area contributed by atoms with Gasteiger partial charge in [0.25, 0.3) is 5.91 Å². The first-order valence-electron chi connectivity index (χ1n) is 8.75. The summed E-state index contributed by atoms with van der Waals surface area (Å²) in [6, 6.07) is 11.7. The zero-order valence-corrected chi connectivity index (χ0v) is 15.9. The first kappa shape index (κ1) is 21.5. The van der Waals surface area contributed by atoms with E-state index >= 15 is 0 Å². The number of halogens is 1. The summed E-state index contributed by atoms with van der Waals surface area (Å²) < 4.78 is 18.2. The summed E-state index contributed by atoms with van der Waals surface area (Å²) in [5.74, 6) is -2.07. The first-order valence-corrected chi connectivity index (χ1v) is 8.75. The van der Waals surface area contributed by atoms with Crippen molar-refractivity contribution >= 4 is 29.6 Å². The Hall–Kier alpha value is -3.75. The molecule has 0 aliphatic rings. The van der Waals surface area contributed by atoms with Gasteiger partial charge in [0.05, 0.1) is 6.21 Å². The maximum Gasteiger partial charge on any atom is 0.329 e. The Bertz CT molecular complexity index is 880. The van der Waals surface area contributed by atoms with Crippen LogP contribution in [0, 0.1) is 5.82 Å². The van der Waals surface area contributed by atoms with Crippen LogP contribution >= 0.6 is 0 Å². The maximum atomic E-state index is 12.8. The minimum atomic E-state index is -0.971. The number of carbonyl (C=O) groups excluding carboxylic acids is 3. The van der Waals surface area contributed by atoms with Crippen LogP contribution in [0.2, 0.25) is 0 Å². The molecule has 0 spiro atoms. The number of hydrogen-bond donors (Lipinski definition) is 3. The molecule has 0 unspecified atom stereocenters. The molecular formula is C20H21FN4O4. The molecule has 3 amide bonds. The normalized spacial score (nSPS) is 10.6. The van der Waals surface area contributed by atoms with Crippen molar-refractivity contribution < 1.29 is 23.5 Å². The van der Waals surface area contributed by atoms with E-state index in [9.17, 15) is 18.8 Å². The summed E-state index contributed by atoms with van der Waals surface area (Å²) >= 11 is 0. The highest BCUT2D eigenvalue weighted by atomic mass is 19.1. The SMILES string of the molecule is CC(C)NC(=O)COc1ccc(/C=N\NC(=O)C(=O)Nc2ccc(F)cc2)cc1. The molecule has 0 radical (unpaired) electrons. The highest BCUT2D eigenvalue weighted by Gasteiger charge is 2.12. The average Bonchev–Trinajstić information content (AvgIpc) is 2.68. The minimum absolute atomic E-state index is 0.0395. The van der Waals surface area contributed by atoms with Crippen molar-refractivity contribution in [3.8, 4) is 5.75 Å². The van der Waals surface area contributed by atoms with Crippen molar-refractivity contribution in [3.05, 3.63) is 59.9 Å². The number of nitrogens with zero attached hydrogens (tertiary/aromatic N) is 1. The Balaban J connectivity index is 1.79. The van der Waals surface area contributed by atoms with Crippen LogP contribution in [0.3, 0.4) is 0 Å². The van der Waals surface area contributed by atoms with Crippen molar-refractivity contribution in [3.63, 3.8) is 0 Å². The van der Waals surface area contributed by atoms with Gasteiger partial charge >= 0.3 is 11.8 Å². The van der Waals surface area contributed by atoms with Crippen molar-refractivity contribution in [2.45, 2.75) is 19.9 Å². The van der Waals surface area contributed by atoms with E-state index in [0.717, 1.165) is 12.1 Å². The third-order valence-electron chi connectivity index (χ3n) is 3.39. The van der Waals surface area contributed by atoms with E-state index in [0.29, 0.717) is 11.3 Å². The number of hydrogen-bond acceptors (Lipinski definition) is 5. The number of ether oxygens (including phenoxy) is 1. The van der Waals surface area contributed by atoms with Crippen LogP contribution in [0.1, 0.15) is 19.4 Å². The monoisotopic (exact) mass is 400 g/mol.